The molecule has 0 N–H and O–H groups in total. The fraction of sp³-hybridized carbons (Fsp3) is 0. The fourth-order valence-corrected chi connectivity index (χ4v) is 8.74. The largest absolute Gasteiger partial charge is 0.308 e. The molecule has 3 aromatic heterocycles. The molecule has 0 unspecified atom stereocenters. The van der Waals surface area contributed by atoms with Crippen molar-refractivity contribution in [2.75, 3.05) is 0 Å². The van der Waals surface area contributed by atoms with Gasteiger partial charge < -0.3 is 13.7 Å². The summed E-state index contributed by atoms with van der Waals surface area (Å²) in [5.41, 5.74) is 12.8. The summed E-state index contributed by atoms with van der Waals surface area (Å²) in [4.78, 5) is 0. The van der Waals surface area contributed by atoms with E-state index in [2.05, 4.69) is 171 Å². The first kappa shape index (κ1) is 30.7. The van der Waals surface area contributed by atoms with E-state index in [9.17, 15) is 10.5 Å². The zero-order chi connectivity index (χ0) is 36.6. The maximum atomic E-state index is 10.5. The van der Waals surface area contributed by atoms with Gasteiger partial charge in [-0.05, 0) is 83.9 Å². The van der Waals surface area contributed by atoms with Gasteiger partial charge in [-0.15, -0.1) is 0 Å². The fourth-order valence-electron chi connectivity index (χ4n) is 8.74. The van der Waals surface area contributed by atoms with E-state index < -0.39 is 0 Å². The second-order valence-corrected chi connectivity index (χ2v) is 14.0. The van der Waals surface area contributed by atoms with Gasteiger partial charge in [0.15, 0.2) is 0 Å². The monoisotopic (exact) mass is 699 g/mol. The molecule has 254 valence electrons. The molecule has 5 heteroatoms. The lowest BCUT2D eigenvalue weighted by atomic mass is 10.0. The first-order valence-corrected chi connectivity index (χ1v) is 18.3. The summed E-state index contributed by atoms with van der Waals surface area (Å²) in [6.45, 7) is 0. The molecule has 3 heterocycles. The van der Waals surface area contributed by atoms with Gasteiger partial charge in [0.05, 0.1) is 61.7 Å². The normalized spacial score (nSPS) is 11.6. The Labute approximate surface area is 316 Å². The number of benzene rings is 8. The third kappa shape index (κ3) is 4.45. The highest BCUT2D eigenvalue weighted by Crippen LogP contribution is 2.40. The van der Waals surface area contributed by atoms with E-state index in [0.29, 0.717) is 11.1 Å². The van der Waals surface area contributed by atoms with E-state index >= 15 is 0 Å². The van der Waals surface area contributed by atoms with Crippen LogP contribution in [0.4, 0.5) is 0 Å². The molecule has 8 aromatic carbocycles. The third-order valence-electron chi connectivity index (χ3n) is 11.1. The number of hydrogen-bond donors (Lipinski definition) is 0. The minimum atomic E-state index is 0.619. The number of rotatable bonds is 4. The summed E-state index contributed by atoms with van der Waals surface area (Å²) in [7, 11) is 0. The molecule has 0 saturated carbocycles. The Morgan fingerprint density at radius 1 is 0.345 bits per heavy atom. The van der Waals surface area contributed by atoms with Crippen molar-refractivity contribution >= 4 is 65.4 Å². The van der Waals surface area contributed by atoms with Crippen LogP contribution in [0.25, 0.3) is 93.6 Å². The van der Waals surface area contributed by atoms with Gasteiger partial charge in [0.2, 0.25) is 0 Å². The molecule has 0 saturated heterocycles. The third-order valence-corrected chi connectivity index (χ3v) is 11.1. The molecule has 0 aliphatic heterocycles. The van der Waals surface area contributed by atoms with Gasteiger partial charge in [-0.1, -0.05) is 103 Å². The summed E-state index contributed by atoms with van der Waals surface area (Å²) in [6.07, 6.45) is 0. The average molecular weight is 700 g/mol. The van der Waals surface area contributed by atoms with Gasteiger partial charge in [-0.2, -0.15) is 10.5 Å². The van der Waals surface area contributed by atoms with Gasteiger partial charge in [-0.3, -0.25) is 0 Å². The molecule has 0 atom stereocenters. The Morgan fingerprint density at radius 2 is 0.855 bits per heavy atom. The number of aromatic nitrogens is 3. The van der Waals surface area contributed by atoms with Gasteiger partial charge in [0, 0.05) is 38.0 Å². The molecular weight excluding hydrogens is 671 g/mol. The van der Waals surface area contributed by atoms with Crippen LogP contribution in [0, 0.1) is 22.7 Å². The second kappa shape index (κ2) is 11.8. The zero-order valence-corrected chi connectivity index (χ0v) is 29.5. The van der Waals surface area contributed by atoms with Crippen LogP contribution in [0.2, 0.25) is 0 Å². The van der Waals surface area contributed by atoms with Crippen LogP contribution in [-0.4, -0.2) is 13.7 Å². The number of fused-ring (bicyclic) bond motifs is 9. The van der Waals surface area contributed by atoms with E-state index in [1.807, 2.05) is 30.3 Å². The Morgan fingerprint density at radius 3 is 1.47 bits per heavy atom. The molecule has 5 nitrogen and oxygen atoms in total. The molecular formula is C50H29N5. The molecule has 11 rings (SSSR count). The maximum Gasteiger partial charge on any atom is 0.101 e. The zero-order valence-electron chi connectivity index (χ0n) is 29.5. The Kier molecular flexibility index (Phi) is 6.61. The molecule has 0 amide bonds. The SMILES string of the molecule is N#Cc1ccc2c(c1)c1ccccc1n2-c1cccc2c3ccccc3n(-c3ccc(-c4ccc(-n5c6ccccc6c6ccccc65)c(C#N)c4)cc3)c12. The van der Waals surface area contributed by atoms with E-state index in [-0.39, 0.29) is 0 Å². The Balaban J connectivity index is 1.08. The van der Waals surface area contributed by atoms with Crippen molar-refractivity contribution in [3.63, 3.8) is 0 Å². The van der Waals surface area contributed by atoms with Crippen molar-refractivity contribution in [2.45, 2.75) is 0 Å². The molecule has 0 aliphatic rings. The van der Waals surface area contributed by atoms with Crippen molar-refractivity contribution in [2.24, 2.45) is 0 Å². The van der Waals surface area contributed by atoms with Crippen molar-refractivity contribution in [1.82, 2.24) is 13.7 Å². The topological polar surface area (TPSA) is 62.4 Å². The smallest absolute Gasteiger partial charge is 0.101 e. The van der Waals surface area contributed by atoms with E-state index in [1.54, 1.807) is 0 Å². The van der Waals surface area contributed by atoms with Crippen LogP contribution in [-0.2, 0) is 0 Å². The highest BCUT2D eigenvalue weighted by atomic mass is 15.1. The summed E-state index contributed by atoms with van der Waals surface area (Å²) >= 11 is 0. The Bertz CT molecular complexity index is 3400. The van der Waals surface area contributed by atoms with Crippen LogP contribution in [0.3, 0.4) is 0 Å². The minimum Gasteiger partial charge on any atom is -0.308 e. The predicted molar refractivity (Wildman–Crippen MR) is 224 cm³/mol. The van der Waals surface area contributed by atoms with E-state index in [4.69, 9.17) is 0 Å². The maximum absolute atomic E-state index is 10.5. The van der Waals surface area contributed by atoms with Crippen molar-refractivity contribution < 1.29 is 0 Å². The Hall–Kier alpha value is -7.86. The van der Waals surface area contributed by atoms with Gasteiger partial charge in [-0.25, -0.2) is 0 Å². The quantitative estimate of drug-likeness (QED) is 0.184. The molecule has 11 aromatic rings. The van der Waals surface area contributed by atoms with Crippen molar-refractivity contribution in [1.29, 1.82) is 10.5 Å². The lowest BCUT2D eigenvalue weighted by Gasteiger charge is -2.15. The molecule has 0 spiro atoms. The van der Waals surface area contributed by atoms with Crippen LogP contribution in [0.1, 0.15) is 11.1 Å². The lowest BCUT2D eigenvalue weighted by Crippen LogP contribution is -2.00. The summed E-state index contributed by atoms with van der Waals surface area (Å²) < 4.78 is 6.90. The molecule has 55 heavy (non-hydrogen) atoms. The molecule has 0 bridgehead atoms. The summed E-state index contributed by atoms with van der Waals surface area (Å²) in [5, 5.41) is 27.1. The number of nitrogens with zero attached hydrogens (tertiary/aromatic N) is 5. The van der Waals surface area contributed by atoms with Crippen LogP contribution in [0.15, 0.2) is 176 Å². The van der Waals surface area contributed by atoms with Crippen LogP contribution in [0.5, 0.6) is 0 Å². The first-order valence-electron chi connectivity index (χ1n) is 18.3. The lowest BCUT2D eigenvalue weighted by molar-refractivity contribution is 1.13. The molecule has 0 radical (unpaired) electrons. The molecule has 0 fully saturated rings. The highest BCUT2D eigenvalue weighted by Gasteiger charge is 2.21. The van der Waals surface area contributed by atoms with Gasteiger partial charge >= 0.3 is 0 Å². The average Bonchev–Trinajstić information content (AvgIpc) is 3.89. The van der Waals surface area contributed by atoms with Crippen molar-refractivity contribution in [3.05, 3.63) is 187 Å². The summed E-state index contributed by atoms with van der Waals surface area (Å²) in [5.74, 6) is 0. The van der Waals surface area contributed by atoms with E-state index in [1.165, 1.54) is 16.2 Å². The number of nitriles is 2. The van der Waals surface area contributed by atoms with Crippen molar-refractivity contribution in [3.8, 4) is 40.3 Å². The molecule has 0 aliphatic carbocycles. The predicted octanol–water partition coefficient (Wildman–Crippen LogP) is 12.4. The minimum absolute atomic E-state index is 0.619. The highest BCUT2D eigenvalue weighted by molar-refractivity contribution is 6.15. The van der Waals surface area contributed by atoms with Gasteiger partial charge in [0.25, 0.3) is 0 Å². The number of para-hydroxylation sites is 5. The second-order valence-electron chi connectivity index (χ2n) is 14.0. The summed E-state index contributed by atoms with van der Waals surface area (Å²) in [6, 6.07) is 65.9. The van der Waals surface area contributed by atoms with Crippen LogP contribution < -0.4 is 0 Å². The van der Waals surface area contributed by atoms with E-state index in [0.717, 1.165) is 77.4 Å². The van der Waals surface area contributed by atoms with Gasteiger partial charge in [0.1, 0.15) is 6.07 Å². The van der Waals surface area contributed by atoms with Crippen LogP contribution >= 0.6 is 0 Å². The standard InChI is InChI=1S/C50H29N5/c51-30-32-20-26-48-42(28-32)40-13-4-8-18-47(40)55(48)49-19-9-14-41-39-12-3-5-15-44(39)53(50(41)49)36-24-21-33(22-25-36)34-23-27-43(35(29-34)31-52)54-45-16-6-1-10-37(45)38-11-2-7-17-46(38)54/h1-29H. The first-order chi connectivity index (χ1) is 27.2. The number of hydrogen-bond acceptors (Lipinski definition) is 2.